The standard InChI is InChI=1S/C15H23BrO3Si/c1-15(2,20(3,4)17)10-12-6-5-11(9-13(12)16)14-18-7-8-19-14/h5-6,9,14,17H,7-8,10H2,1-4H3. The molecule has 0 bridgehead atoms. The van der Waals surface area contributed by atoms with Gasteiger partial charge < -0.3 is 14.3 Å². The van der Waals surface area contributed by atoms with Crippen LogP contribution in [0.5, 0.6) is 0 Å². The third-order valence-corrected chi connectivity index (χ3v) is 8.49. The minimum atomic E-state index is -2.20. The summed E-state index contributed by atoms with van der Waals surface area (Å²) in [5.41, 5.74) is 2.25. The summed E-state index contributed by atoms with van der Waals surface area (Å²) in [6, 6.07) is 6.22. The Morgan fingerprint density at radius 1 is 1.30 bits per heavy atom. The lowest BCUT2D eigenvalue weighted by Crippen LogP contribution is -2.40. The van der Waals surface area contributed by atoms with E-state index < -0.39 is 8.32 Å². The maximum Gasteiger partial charge on any atom is 0.188 e. The van der Waals surface area contributed by atoms with Gasteiger partial charge in [0.25, 0.3) is 0 Å². The molecular formula is C15H23BrO3Si. The lowest BCUT2D eigenvalue weighted by Gasteiger charge is -2.35. The summed E-state index contributed by atoms with van der Waals surface area (Å²) in [4.78, 5) is 10.4. The molecule has 2 rings (SSSR count). The van der Waals surface area contributed by atoms with Gasteiger partial charge in [0.05, 0.1) is 13.2 Å². The molecule has 0 unspecified atom stereocenters. The highest BCUT2D eigenvalue weighted by molar-refractivity contribution is 9.10. The molecule has 0 radical (unpaired) electrons. The van der Waals surface area contributed by atoms with Gasteiger partial charge in [0.1, 0.15) is 0 Å². The van der Waals surface area contributed by atoms with Crippen LogP contribution in [0.4, 0.5) is 0 Å². The third-order valence-electron chi connectivity index (χ3n) is 4.26. The highest BCUT2D eigenvalue weighted by Crippen LogP contribution is 2.40. The van der Waals surface area contributed by atoms with Gasteiger partial charge in [-0.25, -0.2) is 0 Å². The molecule has 0 aromatic heterocycles. The van der Waals surface area contributed by atoms with E-state index in [1.165, 1.54) is 5.56 Å². The monoisotopic (exact) mass is 358 g/mol. The molecule has 0 atom stereocenters. The summed E-state index contributed by atoms with van der Waals surface area (Å²) in [7, 11) is -2.20. The van der Waals surface area contributed by atoms with Crippen molar-refractivity contribution in [2.24, 2.45) is 0 Å². The number of halogens is 1. The minimum absolute atomic E-state index is 0.0720. The van der Waals surface area contributed by atoms with Gasteiger partial charge in [0.15, 0.2) is 14.6 Å². The summed E-state index contributed by atoms with van der Waals surface area (Å²) in [5.74, 6) is 0. The topological polar surface area (TPSA) is 38.7 Å². The average Bonchev–Trinajstić information content (AvgIpc) is 2.83. The molecule has 1 aliphatic heterocycles. The van der Waals surface area contributed by atoms with Crippen LogP contribution in [0.2, 0.25) is 18.1 Å². The van der Waals surface area contributed by atoms with E-state index >= 15 is 0 Å². The van der Waals surface area contributed by atoms with E-state index in [1.54, 1.807) is 0 Å². The zero-order valence-corrected chi connectivity index (χ0v) is 15.2. The van der Waals surface area contributed by atoms with Crippen molar-refractivity contribution in [3.8, 4) is 0 Å². The second-order valence-electron chi connectivity index (χ2n) is 6.54. The predicted molar refractivity (Wildman–Crippen MR) is 86.2 cm³/mol. The summed E-state index contributed by atoms with van der Waals surface area (Å²) < 4.78 is 12.1. The molecule has 20 heavy (non-hydrogen) atoms. The fraction of sp³-hybridized carbons (Fsp3) is 0.600. The van der Waals surface area contributed by atoms with Crippen LogP contribution in [0.25, 0.3) is 0 Å². The van der Waals surface area contributed by atoms with Gasteiger partial charge in [-0.2, -0.15) is 0 Å². The number of hydrogen-bond acceptors (Lipinski definition) is 3. The second kappa shape index (κ2) is 5.89. The van der Waals surface area contributed by atoms with E-state index in [9.17, 15) is 4.80 Å². The molecule has 0 aliphatic carbocycles. The predicted octanol–water partition coefficient (Wildman–Crippen LogP) is 4.01. The molecule has 0 spiro atoms. The Morgan fingerprint density at radius 2 is 1.90 bits per heavy atom. The quantitative estimate of drug-likeness (QED) is 0.826. The summed E-state index contributed by atoms with van der Waals surface area (Å²) in [6.07, 6.45) is 0.618. The van der Waals surface area contributed by atoms with E-state index in [4.69, 9.17) is 9.47 Å². The minimum Gasteiger partial charge on any atom is -0.432 e. The third kappa shape index (κ3) is 3.51. The van der Waals surface area contributed by atoms with E-state index in [1.807, 2.05) is 13.1 Å². The van der Waals surface area contributed by atoms with Crippen molar-refractivity contribution in [2.75, 3.05) is 13.2 Å². The molecular weight excluding hydrogens is 336 g/mol. The van der Waals surface area contributed by atoms with Crippen LogP contribution in [0.15, 0.2) is 22.7 Å². The van der Waals surface area contributed by atoms with Crippen molar-refractivity contribution >= 4 is 24.2 Å². The number of rotatable bonds is 4. The van der Waals surface area contributed by atoms with Gasteiger partial charge in [-0.05, 0) is 36.2 Å². The normalized spacial score (nSPS) is 17.7. The number of benzene rings is 1. The molecule has 0 amide bonds. The smallest absolute Gasteiger partial charge is 0.188 e. The lowest BCUT2D eigenvalue weighted by atomic mass is 10.0. The number of ether oxygens (including phenoxy) is 2. The fourth-order valence-electron chi connectivity index (χ4n) is 2.10. The highest BCUT2D eigenvalue weighted by Gasteiger charge is 2.38. The van der Waals surface area contributed by atoms with Crippen LogP contribution in [-0.4, -0.2) is 26.3 Å². The zero-order valence-electron chi connectivity index (χ0n) is 12.6. The molecule has 5 heteroatoms. The first-order chi connectivity index (χ1) is 9.21. The summed E-state index contributed by atoms with van der Waals surface area (Å²) in [5, 5.41) is -0.0720. The van der Waals surface area contributed by atoms with E-state index in [0.717, 1.165) is 16.5 Å². The molecule has 3 nitrogen and oxygen atoms in total. The van der Waals surface area contributed by atoms with E-state index in [2.05, 4.69) is 48.0 Å². The molecule has 1 heterocycles. The molecule has 1 N–H and O–H groups in total. The van der Waals surface area contributed by atoms with Crippen LogP contribution < -0.4 is 0 Å². The molecule has 0 saturated carbocycles. The van der Waals surface area contributed by atoms with Gasteiger partial charge in [0.2, 0.25) is 0 Å². The molecule has 1 aromatic carbocycles. The molecule has 1 saturated heterocycles. The molecule has 1 aromatic rings. The van der Waals surface area contributed by atoms with Crippen molar-refractivity contribution in [2.45, 2.75) is 44.7 Å². The first-order valence-electron chi connectivity index (χ1n) is 6.95. The molecule has 112 valence electrons. The molecule has 1 fully saturated rings. The van der Waals surface area contributed by atoms with Crippen LogP contribution in [-0.2, 0) is 15.9 Å². The van der Waals surface area contributed by atoms with Gasteiger partial charge in [-0.15, -0.1) is 0 Å². The Hall–Kier alpha value is -0.203. The van der Waals surface area contributed by atoms with Crippen LogP contribution in [0.3, 0.4) is 0 Å². The number of hydrogen-bond donors (Lipinski definition) is 1. The van der Waals surface area contributed by atoms with Gasteiger partial charge >= 0.3 is 0 Å². The van der Waals surface area contributed by atoms with Gasteiger partial charge in [0, 0.05) is 10.0 Å². The Balaban J connectivity index is 2.18. The van der Waals surface area contributed by atoms with Crippen LogP contribution >= 0.6 is 15.9 Å². The maximum atomic E-state index is 10.4. The van der Waals surface area contributed by atoms with Crippen molar-refractivity contribution < 1.29 is 14.3 Å². The van der Waals surface area contributed by atoms with Gasteiger partial charge in [-0.3, -0.25) is 0 Å². The lowest BCUT2D eigenvalue weighted by molar-refractivity contribution is -0.0441. The SMILES string of the molecule is CC(C)(Cc1ccc(C2OCCO2)cc1Br)[Si](C)(C)O. The van der Waals surface area contributed by atoms with E-state index in [-0.39, 0.29) is 11.3 Å². The Morgan fingerprint density at radius 3 is 2.40 bits per heavy atom. The summed E-state index contributed by atoms with van der Waals surface area (Å²) in [6.45, 7) is 9.58. The highest BCUT2D eigenvalue weighted by atomic mass is 79.9. The second-order valence-corrected chi connectivity index (χ2v) is 11.9. The van der Waals surface area contributed by atoms with Gasteiger partial charge in [-0.1, -0.05) is 41.9 Å². The fourth-order valence-corrected chi connectivity index (χ4v) is 3.26. The van der Waals surface area contributed by atoms with Crippen molar-refractivity contribution in [3.05, 3.63) is 33.8 Å². The Bertz CT molecular complexity index is 476. The van der Waals surface area contributed by atoms with Crippen molar-refractivity contribution in [3.63, 3.8) is 0 Å². The summed E-state index contributed by atoms with van der Waals surface area (Å²) >= 11 is 3.64. The van der Waals surface area contributed by atoms with Crippen LogP contribution in [0.1, 0.15) is 31.3 Å². The first-order valence-corrected chi connectivity index (χ1v) is 10.7. The van der Waals surface area contributed by atoms with Crippen molar-refractivity contribution in [1.82, 2.24) is 0 Å². The zero-order chi connectivity index (χ0) is 15.0. The maximum absolute atomic E-state index is 10.4. The first kappa shape index (κ1) is 16.2. The average molecular weight is 359 g/mol. The van der Waals surface area contributed by atoms with Crippen LogP contribution in [0, 0.1) is 0 Å². The molecule has 1 aliphatic rings. The largest absolute Gasteiger partial charge is 0.432 e. The van der Waals surface area contributed by atoms with Crippen molar-refractivity contribution in [1.29, 1.82) is 0 Å². The van der Waals surface area contributed by atoms with E-state index in [0.29, 0.717) is 13.2 Å². The Labute approximate surface area is 130 Å². The Kier molecular flexibility index (Phi) is 4.76.